The van der Waals surface area contributed by atoms with Gasteiger partial charge >= 0.3 is 6.61 Å². The molecule has 0 saturated heterocycles. The molecule has 0 fully saturated rings. The SMILES string of the molecule is COCCCNC(=O)/C=C/c1ccc(OC(F)F)c(OC)c1. The van der Waals surface area contributed by atoms with Crippen molar-refractivity contribution in [3.8, 4) is 11.5 Å². The summed E-state index contributed by atoms with van der Waals surface area (Å²) in [5, 5.41) is 2.69. The van der Waals surface area contributed by atoms with Crippen LogP contribution in [0.1, 0.15) is 12.0 Å². The van der Waals surface area contributed by atoms with Crippen molar-refractivity contribution < 1.29 is 27.8 Å². The van der Waals surface area contributed by atoms with Crippen LogP contribution in [0, 0.1) is 0 Å². The molecule has 1 amide bonds. The first kappa shape index (κ1) is 17.9. The molecule has 0 unspecified atom stereocenters. The van der Waals surface area contributed by atoms with Gasteiger partial charge in [0.25, 0.3) is 0 Å². The molecule has 1 N–H and O–H groups in total. The highest BCUT2D eigenvalue weighted by Gasteiger charge is 2.10. The van der Waals surface area contributed by atoms with Gasteiger partial charge in [-0.3, -0.25) is 4.79 Å². The third-order valence-electron chi connectivity index (χ3n) is 2.66. The maximum Gasteiger partial charge on any atom is 0.387 e. The van der Waals surface area contributed by atoms with Crippen molar-refractivity contribution in [1.82, 2.24) is 5.32 Å². The molecule has 122 valence electrons. The topological polar surface area (TPSA) is 56.8 Å². The molecule has 0 aliphatic carbocycles. The first-order valence-electron chi connectivity index (χ1n) is 6.64. The van der Waals surface area contributed by atoms with Crippen LogP contribution >= 0.6 is 0 Å². The Morgan fingerprint density at radius 1 is 1.32 bits per heavy atom. The van der Waals surface area contributed by atoms with E-state index in [0.29, 0.717) is 18.7 Å². The van der Waals surface area contributed by atoms with Gasteiger partial charge in [-0.15, -0.1) is 0 Å². The van der Waals surface area contributed by atoms with Crippen LogP contribution in [-0.4, -0.2) is 39.9 Å². The largest absolute Gasteiger partial charge is 0.493 e. The molecule has 5 nitrogen and oxygen atoms in total. The number of ether oxygens (including phenoxy) is 3. The second-order valence-corrected chi connectivity index (χ2v) is 4.26. The van der Waals surface area contributed by atoms with Gasteiger partial charge < -0.3 is 19.5 Å². The van der Waals surface area contributed by atoms with E-state index >= 15 is 0 Å². The minimum absolute atomic E-state index is 0.0568. The molecule has 0 aliphatic heterocycles. The molecule has 0 saturated carbocycles. The van der Waals surface area contributed by atoms with Crippen molar-refractivity contribution in [2.45, 2.75) is 13.0 Å². The number of alkyl halides is 2. The van der Waals surface area contributed by atoms with Gasteiger partial charge in [0.2, 0.25) is 5.91 Å². The van der Waals surface area contributed by atoms with Gasteiger partial charge in [-0.05, 0) is 30.2 Å². The van der Waals surface area contributed by atoms with Crippen molar-refractivity contribution in [2.75, 3.05) is 27.4 Å². The predicted molar refractivity (Wildman–Crippen MR) is 78.2 cm³/mol. The highest BCUT2D eigenvalue weighted by molar-refractivity contribution is 5.91. The van der Waals surface area contributed by atoms with Crippen molar-refractivity contribution in [1.29, 1.82) is 0 Å². The molecule has 0 aromatic heterocycles. The van der Waals surface area contributed by atoms with E-state index in [-0.39, 0.29) is 17.4 Å². The number of benzene rings is 1. The van der Waals surface area contributed by atoms with E-state index in [2.05, 4.69) is 10.1 Å². The summed E-state index contributed by atoms with van der Waals surface area (Å²) in [4.78, 5) is 11.6. The third-order valence-corrected chi connectivity index (χ3v) is 2.66. The number of hydrogen-bond donors (Lipinski definition) is 1. The number of amides is 1. The van der Waals surface area contributed by atoms with Crippen LogP contribution in [-0.2, 0) is 9.53 Å². The summed E-state index contributed by atoms with van der Waals surface area (Å²) >= 11 is 0. The summed E-state index contributed by atoms with van der Waals surface area (Å²) in [6, 6.07) is 4.42. The lowest BCUT2D eigenvalue weighted by Crippen LogP contribution is -2.22. The van der Waals surface area contributed by atoms with Gasteiger partial charge in [-0.1, -0.05) is 6.07 Å². The molecule has 0 spiro atoms. The zero-order chi connectivity index (χ0) is 16.4. The molecule has 0 aliphatic rings. The lowest BCUT2D eigenvalue weighted by molar-refractivity contribution is -0.116. The number of carbonyl (C=O) groups is 1. The molecule has 1 aromatic carbocycles. The molecule has 1 rings (SSSR count). The van der Waals surface area contributed by atoms with Crippen molar-refractivity contribution in [2.24, 2.45) is 0 Å². The van der Waals surface area contributed by atoms with E-state index in [1.54, 1.807) is 19.3 Å². The molecular formula is C15H19F2NO4. The first-order valence-corrected chi connectivity index (χ1v) is 6.64. The van der Waals surface area contributed by atoms with E-state index in [4.69, 9.17) is 9.47 Å². The molecule has 0 atom stereocenters. The average Bonchev–Trinajstić information content (AvgIpc) is 2.50. The van der Waals surface area contributed by atoms with E-state index < -0.39 is 6.61 Å². The Kier molecular flexibility index (Phi) is 7.91. The van der Waals surface area contributed by atoms with Crippen LogP contribution in [0.3, 0.4) is 0 Å². The number of methoxy groups -OCH3 is 2. The summed E-state index contributed by atoms with van der Waals surface area (Å²) < 4.78 is 38.6. The van der Waals surface area contributed by atoms with Gasteiger partial charge in [0.05, 0.1) is 7.11 Å². The number of nitrogens with one attached hydrogen (secondary N) is 1. The molecule has 0 bridgehead atoms. The van der Waals surface area contributed by atoms with Crippen LogP contribution in [0.5, 0.6) is 11.5 Å². The van der Waals surface area contributed by atoms with Gasteiger partial charge in [0.15, 0.2) is 11.5 Å². The summed E-state index contributed by atoms with van der Waals surface area (Å²) in [6.07, 6.45) is 3.64. The Labute approximate surface area is 127 Å². The maximum atomic E-state index is 12.2. The minimum atomic E-state index is -2.92. The molecule has 1 aromatic rings. The number of hydrogen-bond acceptors (Lipinski definition) is 4. The Morgan fingerprint density at radius 3 is 2.73 bits per heavy atom. The normalized spacial score (nSPS) is 11.0. The summed E-state index contributed by atoms with van der Waals surface area (Å²) in [5.41, 5.74) is 0.630. The van der Waals surface area contributed by atoms with E-state index in [1.165, 1.54) is 25.3 Å². The minimum Gasteiger partial charge on any atom is -0.493 e. The Morgan fingerprint density at radius 2 is 2.09 bits per heavy atom. The Bertz CT molecular complexity index is 506. The molecule has 22 heavy (non-hydrogen) atoms. The van der Waals surface area contributed by atoms with Crippen molar-refractivity contribution in [3.05, 3.63) is 29.8 Å². The number of rotatable bonds is 9. The average molecular weight is 315 g/mol. The van der Waals surface area contributed by atoms with Crippen LogP contribution in [0.4, 0.5) is 8.78 Å². The van der Waals surface area contributed by atoms with Crippen LogP contribution in [0.15, 0.2) is 24.3 Å². The maximum absolute atomic E-state index is 12.2. The highest BCUT2D eigenvalue weighted by Crippen LogP contribution is 2.29. The van der Waals surface area contributed by atoms with E-state index in [9.17, 15) is 13.6 Å². The summed E-state index contributed by atoms with van der Waals surface area (Å²) in [5.74, 6) is -0.135. The molecule has 7 heteroatoms. The first-order chi connectivity index (χ1) is 10.6. The highest BCUT2D eigenvalue weighted by atomic mass is 19.3. The summed E-state index contributed by atoms with van der Waals surface area (Å²) in [6.45, 7) is -1.83. The molecule has 0 radical (unpaired) electrons. The fraction of sp³-hybridized carbons (Fsp3) is 0.400. The number of halogens is 2. The van der Waals surface area contributed by atoms with Gasteiger partial charge in [0, 0.05) is 26.3 Å². The van der Waals surface area contributed by atoms with E-state index in [1.807, 2.05) is 0 Å². The second kappa shape index (κ2) is 9.73. The second-order valence-electron chi connectivity index (χ2n) is 4.26. The van der Waals surface area contributed by atoms with E-state index in [0.717, 1.165) is 6.42 Å². The standard InChI is InChI=1S/C15H19F2NO4/c1-20-9-3-8-18-14(19)7-5-11-4-6-12(22-15(16)17)13(10-11)21-2/h4-7,10,15H,3,8-9H2,1-2H3,(H,18,19)/b7-5+. The predicted octanol–water partition coefficient (Wildman–Crippen LogP) is 2.46. The lowest BCUT2D eigenvalue weighted by atomic mass is 10.2. The van der Waals surface area contributed by atoms with Gasteiger partial charge in [-0.25, -0.2) is 0 Å². The lowest BCUT2D eigenvalue weighted by Gasteiger charge is -2.10. The Hall–Kier alpha value is -2.15. The van der Waals surface area contributed by atoms with Gasteiger partial charge in [-0.2, -0.15) is 8.78 Å². The fourth-order valence-corrected chi connectivity index (χ4v) is 1.64. The van der Waals surface area contributed by atoms with Crippen LogP contribution in [0.25, 0.3) is 6.08 Å². The molecule has 0 heterocycles. The van der Waals surface area contributed by atoms with Crippen LogP contribution in [0.2, 0.25) is 0 Å². The van der Waals surface area contributed by atoms with Crippen molar-refractivity contribution >= 4 is 12.0 Å². The quantitative estimate of drug-likeness (QED) is 0.562. The number of carbonyl (C=O) groups excluding carboxylic acids is 1. The van der Waals surface area contributed by atoms with Crippen molar-refractivity contribution in [3.63, 3.8) is 0 Å². The third kappa shape index (κ3) is 6.53. The zero-order valence-corrected chi connectivity index (χ0v) is 12.5. The monoisotopic (exact) mass is 315 g/mol. The van der Waals surface area contributed by atoms with Crippen LogP contribution < -0.4 is 14.8 Å². The molecular weight excluding hydrogens is 296 g/mol. The zero-order valence-electron chi connectivity index (χ0n) is 12.5. The fourth-order valence-electron chi connectivity index (χ4n) is 1.64. The Balaban J connectivity index is 2.61. The van der Waals surface area contributed by atoms with Gasteiger partial charge in [0.1, 0.15) is 0 Å². The summed E-state index contributed by atoms with van der Waals surface area (Å²) in [7, 11) is 2.94. The smallest absolute Gasteiger partial charge is 0.387 e.